The van der Waals surface area contributed by atoms with E-state index in [1.165, 1.54) is 7.11 Å². The first-order chi connectivity index (χ1) is 12.2. The van der Waals surface area contributed by atoms with Crippen LogP contribution in [-0.4, -0.2) is 19.7 Å². The van der Waals surface area contributed by atoms with Crippen molar-refractivity contribution >= 4 is 5.97 Å². The average molecular weight is 337 g/mol. The molecule has 0 bridgehead atoms. The summed E-state index contributed by atoms with van der Waals surface area (Å²) >= 11 is 0. The molecule has 2 aromatic carbocycles. The highest BCUT2D eigenvalue weighted by Gasteiger charge is 2.01. The van der Waals surface area contributed by atoms with Crippen molar-refractivity contribution < 1.29 is 14.3 Å². The molecule has 4 nitrogen and oxygen atoms in total. The first-order valence-corrected chi connectivity index (χ1v) is 8.53. The molecule has 130 valence electrons. The lowest BCUT2D eigenvalue weighted by Crippen LogP contribution is -2.00. The molecule has 2 aromatic rings. The summed E-state index contributed by atoms with van der Waals surface area (Å²) in [6.45, 7) is 0.675. The van der Waals surface area contributed by atoms with Gasteiger partial charge in [0, 0.05) is 6.42 Å². The van der Waals surface area contributed by atoms with Gasteiger partial charge in [0.05, 0.1) is 25.3 Å². The van der Waals surface area contributed by atoms with Crippen LogP contribution in [0.2, 0.25) is 0 Å². The van der Waals surface area contributed by atoms with Crippen molar-refractivity contribution in [2.75, 3.05) is 13.7 Å². The highest BCUT2D eigenvalue weighted by Crippen LogP contribution is 2.23. The molecular weight excluding hydrogens is 314 g/mol. The Bertz CT molecular complexity index is 699. The number of rotatable bonds is 9. The molecule has 0 amide bonds. The zero-order chi connectivity index (χ0) is 17.9. The number of esters is 1. The van der Waals surface area contributed by atoms with E-state index in [0.29, 0.717) is 18.6 Å². The number of hydrogen-bond donors (Lipinski definition) is 0. The molecule has 2 rings (SSSR count). The predicted molar refractivity (Wildman–Crippen MR) is 97.2 cm³/mol. The Hall–Kier alpha value is -2.80. The van der Waals surface area contributed by atoms with Crippen molar-refractivity contribution in [2.45, 2.75) is 32.1 Å². The summed E-state index contributed by atoms with van der Waals surface area (Å²) in [5, 5.41) is 8.83. The highest BCUT2D eigenvalue weighted by molar-refractivity contribution is 5.69. The van der Waals surface area contributed by atoms with Gasteiger partial charge in [0.15, 0.2) is 0 Å². The van der Waals surface area contributed by atoms with Crippen molar-refractivity contribution in [3.63, 3.8) is 0 Å². The third-order valence-electron chi connectivity index (χ3n) is 3.97. The summed E-state index contributed by atoms with van der Waals surface area (Å²) in [7, 11) is 1.42. The van der Waals surface area contributed by atoms with Crippen LogP contribution in [0.4, 0.5) is 0 Å². The molecule has 0 fully saturated rings. The van der Waals surface area contributed by atoms with E-state index in [1.807, 2.05) is 48.5 Å². The molecule has 0 aliphatic carbocycles. The molecule has 0 unspecified atom stereocenters. The van der Waals surface area contributed by atoms with E-state index in [0.717, 1.165) is 42.6 Å². The molecule has 0 spiro atoms. The first-order valence-electron chi connectivity index (χ1n) is 8.53. The van der Waals surface area contributed by atoms with E-state index in [4.69, 9.17) is 10.00 Å². The molecule has 0 aliphatic heterocycles. The fourth-order valence-electron chi connectivity index (χ4n) is 2.50. The third-order valence-corrected chi connectivity index (χ3v) is 3.97. The van der Waals surface area contributed by atoms with Gasteiger partial charge < -0.3 is 9.47 Å². The van der Waals surface area contributed by atoms with Crippen LogP contribution in [0.5, 0.6) is 5.75 Å². The molecule has 4 heteroatoms. The number of nitriles is 1. The molecule has 0 aliphatic rings. The van der Waals surface area contributed by atoms with Crippen LogP contribution in [0.3, 0.4) is 0 Å². The van der Waals surface area contributed by atoms with Crippen LogP contribution in [-0.2, 0) is 9.53 Å². The normalized spacial score (nSPS) is 10.1. The Balaban J connectivity index is 1.70. The Labute approximate surface area is 149 Å². The van der Waals surface area contributed by atoms with Gasteiger partial charge in [-0.15, -0.1) is 0 Å². The molecule has 0 N–H and O–H groups in total. The van der Waals surface area contributed by atoms with Gasteiger partial charge in [-0.05, 0) is 48.2 Å². The van der Waals surface area contributed by atoms with E-state index in [9.17, 15) is 4.79 Å². The average Bonchev–Trinajstić information content (AvgIpc) is 2.67. The topological polar surface area (TPSA) is 59.3 Å². The molecule has 0 aromatic heterocycles. The minimum atomic E-state index is -0.140. The standard InChI is InChI=1S/C21H23NO3/c1-24-21(23)6-4-2-3-5-15-25-20-13-11-19(12-14-20)18-9-7-17(16-22)8-10-18/h7-14H,2-6,15H2,1H3. The number of hydrogen-bond acceptors (Lipinski definition) is 4. The maximum Gasteiger partial charge on any atom is 0.305 e. The number of carbonyl (C=O) groups is 1. The fraction of sp³-hybridized carbons (Fsp3) is 0.333. The third kappa shape index (κ3) is 6.31. The zero-order valence-corrected chi connectivity index (χ0v) is 14.5. The van der Waals surface area contributed by atoms with Gasteiger partial charge in [-0.25, -0.2) is 0 Å². The van der Waals surface area contributed by atoms with Gasteiger partial charge in [0.25, 0.3) is 0 Å². The summed E-state index contributed by atoms with van der Waals surface area (Å²) < 4.78 is 10.4. The summed E-state index contributed by atoms with van der Waals surface area (Å²) in [6.07, 6.45) is 4.38. The molecule has 0 saturated carbocycles. The lowest BCUT2D eigenvalue weighted by Gasteiger charge is -2.07. The summed E-state index contributed by atoms with van der Waals surface area (Å²) in [4.78, 5) is 11.0. The van der Waals surface area contributed by atoms with E-state index >= 15 is 0 Å². The van der Waals surface area contributed by atoms with Crippen molar-refractivity contribution in [3.05, 3.63) is 54.1 Å². The van der Waals surface area contributed by atoms with Crippen LogP contribution < -0.4 is 4.74 Å². The summed E-state index contributed by atoms with van der Waals surface area (Å²) in [5.41, 5.74) is 2.84. The SMILES string of the molecule is COC(=O)CCCCCCOc1ccc(-c2ccc(C#N)cc2)cc1. The van der Waals surface area contributed by atoms with Gasteiger partial charge in [0.1, 0.15) is 5.75 Å². The van der Waals surface area contributed by atoms with E-state index in [-0.39, 0.29) is 5.97 Å². The van der Waals surface area contributed by atoms with Crippen molar-refractivity contribution in [1.29, 1.82) is 5.26 Å². The molecule has 0 radical (unpaired) electrons. The molecule has 0 saturated heterocycles. The quantitative estimate of drug-likeness (QED) is 0.490. The lowest BCUT2D eigenvalue weighted by atomic mass is 10.0. The zero-order valence-electron chi connectivity index (χ0n) is 14.5. The largest absolute Gasteiger partial charge is 0.494 e. The number of methoxy groups -OCH3 is 1. The molecule has 25 heavy (non-hydrogen) atoms. The van der Waals surface area contributed by atoms with Crippen molar-refractivity contribution in [1.82, 2.24) is 0 Å². The summed E-state index contributed by atoms with van der Waals surface area (Å²) in [5.74, 6) is 0.713. The number of ether oxygens (including phenoxy) is 2. The maximum atomic E-state index is 11.0. The second-order valence-electron chi connectivity index (χ2n) is 5.80. The summed E-state index contributed by atoms with van der Waals surface area (Å²) in [6, 6.07) is 17.6. The smallest absolute Gasteiger partial charge is 0.305 e. The van der Waals surface area contributed by atoms with E-state index in [2.05, 4.69) is 10.8 Å². The fourth-order valence-corrected chi connectivity index (χ4v) is 2.50. The van der Waals surface area contributed by atoms with Crippen LogP contribution in [0, 0.1) is 11.3 Å². The number of unbranched alkanes of at least 4 members (excludes halogenated alkanes) is 3. The van der Waals surface area contributed by atoms with Crippen LogP contribution >= 0.6 is 0 Å². The van der Waals surface area contributed by atoms with Crippen LogP contribution in [0.1, 0.15) is 37.7 Å². The predicted octanol–water partition coefficient (Wildman–Crippen LogP) is 4.73. The van der Waals surface area contributed by atoms with Crippen molar-refractivity contribution in [3.8, 4) is 22.9 Å². The monoisotopic (exact) mass is 337 g/mol. The van der Waals surface area contributed by atoms with Crippen LogP contribution in [0.25, 0.3) is 11.1 Å². The Morgan fingerprint density at radius 3 is 2.12 bits per heavy atom. The van der Waals surface area contributed by atoms with E-state index < -0.39 is 0 Å². The number of benzene rings is 2. The molecule has 0 atom stereocenters. The van der Waals surface area contributed by atoms with Crippen LogP contribution in [0.15, 0.2) is 48.5 Å². The molecular formula is C21H23NO3. The van der Waals surface area contributed by atoms with Gasteiger partial charge in [-0.1, -0.05) is 37.1 Å². The second kappa shape index (κ2) is 10.1. The maximum absolute atomic E-state index is 11.0. The Morgan fingerprint density at radius 2 is 1.52 bits per heavy atom. The first kappa shape index (κ1) is 18.5. The van der Waals surface area contributed by atoms with Gasteiger partial charge in [-0.3, -0.25) is 4.79 Å². The Morgan fingerprint density at radius 1 is 0.920 bits per heavy atom. The van der Waals surface area contributed by atoms with Gasteiger partial charge >= 0.3 is 5.97 Å². The van der Waals surface area contributed by atoms with E-state index in [1.54, 1.807) is 0 Å². The molecule has 0 heterocycles. The minimum absolute atomic E-state index is 0.140. The van der Waals surface area contributed by atoms with Gasteiger partial charge in [0.2, 0.25) is 0 Å². The van der Waals surface area contributed by atoms with Crippen molar-refractivity contribution in [2.24, 2.45) is 0 Å². The minimum Gasteiger partial charge on any atom is -0.494 e. The number of nitrogens with zero attached hydrogens (tertiary/aromatic N) is 1. The van der Waals surface area contributed by atoms with Gasteiger partial charge in [-0.2, -0.15) is 5.26 Å². The lowest BCUT2D eigenvalue weighted by molar-refractivity contribution is -0.140. The number of carbonyl (C=O) groups excluding carboxylic acids is 1. The highest BCUT2D eigenvalue weighted by atomic mass is 16.5. The Kier molecular flexibility index (Phi) is 7.52. The second-order valence-corrected chi connectivity index (χ2v) is 5.80.